The summed E-state index contributed by atoms with van der Waals surface area (Å²) in [5.41, 5.74) is 2.56. The molecular weight excluding hydrogens is 260 g/mol. The quantitative estimate of drug-likeness (QED) is 0.872. The molecule has 1 aliphatic heterocycles. The van der Waals surface area contributed by atoms with Gasteiger partial charge in [-0.1, -0.05) is 5.92 Å². The second-order valence-electron chi connectivity index (χ2n) is 5.62. The fourth-order valence-corrected chi connectivity index (χ4v) is 3.22. The number of hydrogen-bond acceptors (Lipinski definition) is 2. The van der Waals surface area contributed by atoms with Gasteiger partial charge in [-0.3, -0.25) is 4.90 Å². The van der Waals surface area contributed by atoms with E-state index in [1.807, 2.05) is 13.0 Å². The van der Waals surface area contributed by atoms with Crippen LogP contribution in [-0.2, 0) is 6.42 Å². The van der Waals surface area contributed by atoms with E-state index in [-0.39, 0.29) is 0 Å². The molecule has 1 aliphatic rings. The third-order valence-corrected chi connectivity index (χ3v) is 4.39. The number of ether oxygens (including phenoxy) is 1. The second kappa shape index (κ2) is 6.24. The van der Waals surface area contributed by atoms with Crippen LogP contribution in [0.1, 0.15) is 25.3 Å². The summed E-state index contributed by atoms with van der Waals surface area (Å²) in [6, 6.07) is 6.83. The lowest BCUT2D eigenvalue weighted by Crippen LogP contribution is -2.31. The number of H-pyrrole nitrogens is 1. The zero-order valence-electron chi connectivity index (χ0n) is 12.8. The monoisotopic (exact) mass is 282 g/mol. The molecule has 1 N–H and O–H groups in total. The van der Waals surface area contributed by atoms with Gasteiger partial charge < -0.3 is 9.72 Å². The number of rotatable bonds is 4. The highest BCUT2D eigenvalue weighted by atomic mass is 16.5. The van der Waals surface area contributed by atoms with Crippen molar-refractivity contribution in [3.8, 4) is 17.6 Å². The molecule has 1 saturated heterocycles. The number of hydrogen-bond donors (Lipinski definition) is 1. The Bertz CT molecular complexity index is 677. The number of nitrogens with one attached hydrogen (secondary N) is 1. The molecule has 0 aliphatic carbocycles. The number of nitrogens with zero attached hydrogens (tertiary/aromatic N) is 1. The van der Waals surface area contributed by atoms with Crippen molar-refractivity contribution in [2.24, 2.45) is 0 Å². The topological polar surface area (TPSA) is 28.3 Å². The van der Waals surface area contributed by atoms with E-state index < -0.39 is 0 Å². The molecule has 1 atom stereocenters. The molecule has 1 fully saturated rings. The maximum absolute atomic E-state index is 5.35. The van der Waals surface area contributed by atoms with Crippen molar-refractivity contribution in [1.82, 2.24) is 9.88 Å². The van der Waals surface area contributed by atoms with E-state index in [4.69, 9.17) is 4.74 Å². The van der Waals surface area contributed by atoms with Gasteiger partial charge >= 0.3 is 0 Å². The third-order valence-electron chi connectivity index (χ3n) is 4.39. The first-order valence-corrected chi connectivity index (χ1v) is 7.59. The van der Waals surface area contributed by atoms with Gasteiger partial charge in [-0.05, 0) is 56.5 Å². The van der Waals surface area contributed by atoms with Crippen molar-refractivity contribution in [2.45, 2.75) is 32.2 Å². The Kier molecular flexibility index (Phi) is 4.17. The maximum Gasteiger partial charge on any atom is 0.119 e. The van der Waals surface area contributed by atoms with E-state index in [0.29, 0.717) is 6.04 Å². The zero-order chi connectivity index (χ0) is 14.7. The summed E-state index contributed by atoms with van der Waals surface area (Å²) in [6.07, 6.45) is 5.77. The van der Waals surface area contributed by atoms with Gasteiger partial charge in [-0.2, -0.15) is 0 Å². The Morgan fingerprint density at radius 2 is 2.33 bits per heavy atom. The van der Waals surface area contributed by atoms with Gasteiger partial charge in [0, 0.05) is 23.1 Å². The minimum absolute atomic E-state index is 0.607. The first-order chi connectivity index (χ1) is 10.3. The Balaban J connectivity index is 1.81. The summed E-state index contributed by atoms with van der Waals surface area (Å²) < 4.78 is 5.35. The van der Waals surface area contributed by atoms with Gasteiger partial charge in [-0.25, -0.2) is 0 Å². The smallest absolute Gasteiger partial charge is 0.119 e. The lowest BCUT2D eigenvalue weighted by atomic mass is 10.0. The van der Waals surface area contributed by atoms with Gasteiger partial charge in [0.1, 0.15) is 5.75 Å². The maximum atomic E-state index is 5.35. The van der Waals surface area contributed by atoms with Gasteiger partial charge in [0.25, 0.3) is 0 Å². The first-order valence-electron chi connectivity index (χ1n) is 7.59. The van der Waals surface area contributed by atoms with E-state index in [1.165, 1.54) is 35.9 Å². The highest BCUT2D eigenvalue weighted by Crippen LogP contribution is 2.27. The van der Waals surface area contributed by atoms with Crippen LogP contribution in [0.25, 0.3) is 10.9 Å². The van der Waals surface area contributed by atoms with Crippen LogP contribution >= 0.6 is 0 Å². The van der Waals surface area contributed by atoms with Crippen molar-refractivity contribution >= 4 is 10.9 Å². The number of fused-ring (bicyclic) bond motifs is 1. The average molecular weight is 282 g/mol. The lowest BCUT2D eigenvalue weighted by molar-refractivity contribution is 0.284. The van der Waals surface area contributed by atoms with Crippen molar-refractivity contribution in [3.05, 3.63) is 30.0 Å². The fourth-order valence-electron chi connectivity index (χ4n) is 3.22. The highest BCUT2D eigenvalue weighted by molar-refractivity contribution is 5.84. The summed E-state index contributed by atoms with van der Waals surface area (Å²) in [6.45, 7) is 3.98. The Labute approximate surface area is 126 Å². The Hall–Kier alpha value is -1.92. The highest BCUT2D eigenvalue weighted by Gasteiger charge is 2.24. The standard InChI is InChI=1S/C18H22N2O/c1-3-4-9-20-10-5-6-15(20)11-14-13-19-18-8-7-16(21-2)12-17(14)18/h7-8,12-13,15,19H,5-6,9-11H2,1-2H3/t15-/m1/s1. The summed E-state index contributed by atoms with van der Waals surface area (Å²) in [4.78, 5) is 5.88. The SMILES string of the molecule is CC#CCN1CCC[C@@H]1Cc1c[nH]c2ccc(OC)cc12. The molecule has 0 saturated carbocycles. The Morgan fingerprint density at radius 3 is 3.14 bits per heavy atom. The molecule has 0 amide bonds. The number of aromatic nitrogens is 1. The average Bonchev–Trinajstić information content (AvgIpc) is 3.12. The molecule has 2 aromatic rings. The summed E-state index contributed by atoms with van der Waals surface area (Å²) in [5, 5.41) is 1.28. The molecule has 21 heavy (non-hydrogen) atoms. The van der Waals surface area contributed by atoms with Crippen LogP contribution in [0.4, 0.5) is 0 Å². The molecule has 1 aromatic heterocycles. The third kappa shape index (κ3) is 2.91. The number of methoxy groups -OCH3 is 1. The van der Waals surface area contributed by atoms with Crippen molar-refractivity contribution < 1.29 is 4.74 Å². The van der Waals surface area contributed by atoms with Crippen LogP contribution in [0.3, 0.4) is 0 Å². The molecule has 3 nitrogen and oxygen atoms in total. The molecule has 0 spiro atoms. The molecule has 2 heterocycles. The molecule has 110 valence electrons. The van der Waals surface area contributed by atoms with E-state index >= 15 is 0 Å². The van der Waals surface area contributed by atoms with Crippen LogP contribution in [0.5, 0.6) is 5.75 Å². The van der Waals surface area contributed by atoms with E-state index in [2.05, 4.69) is 40.1 Å². The van der Waals surface area contributed by atoms with E-state index in [0.717, 1.165) is 18.7 Å². The van der Waals surface area contributed by atoms with Crippen LogP contribution in [0.15, 0.2) is 24.4 Å². The molecule has 0 radical (unpaired) electrons. The molecule has 3 rings (SSSR count). The van der Waals surface area contributed by atoms with Crippen molar-refractivity contribution in [3.63, 3.8) is 0 Å². The van der Waals surface area contributed by atoms with Gasteiger partial charge in [0.2, 0.25) is 0 Å². The minimum atomic E-state index is 0.607. The molecule has 3 heteroatoms. The Morgan fingerprint density at radius 1 is 1.43 bits per heavy atom. The molecule has 0 unspecified atom stereocenters. The summed E-state index contributed by atoms with van der Waals surface area (Å²) in [7, 11) is 1.72. The normalized spacial score (nSPS) is 18.7. The number of benzene rings is 1. The second-order valence-corrected chi connectivity index (χ2v) is 5.62. The molecule has 0 bridgehead atoms. The van der Waals surface area contributed by atoms with Crippen molar-refractivity contribution in [2.75, 3.05) is 20.2 Å². The molecular formula is C18H22N2O. The van der Waals surface area contributed by atoms with E-state index in [9.17, 15) is 0 Å². The molecule has 1 aromatic carbocycles. The van der Waals surface area contributed by atoms with Gasteiger partial charge in [0.05, 0.1) is 13.7 Å². The van der Waals surface area contributed by atoms with Gasteiger partial charge in [0.15, 0.2) is 0 Å². The largest absolute Gasteiger partial charge is 0.497 e. The number of aromatic amines is 1. The van der Waals surface area contributed by atoms with Crippen LogP contribution in [0, 0.1) is 11.8 Å². The van der Waals surface area contributed by atoms with E-state index in [1.54, 1.807) is 7.11 Å². The summed E-state index contributed by atoms with van der Waals surface area (Å²) >= 11 is 0. The van der Waals surface area contributed by atoms with Crippen molar-refractivity contribution in [1.29, 1.82) is 0 Å². The predicted molar refractivity (Wildman–Crippen MR) is 86.6 cm³/mol. The minimum Gasteiger partial charge on any atom is -0.497 e. The predicted octanol–water partition coefficient (Wildman–Crippen LogP) is 3.21. The lowest BCUT2D eigenvalue weighted by Gasteiger charge is -2.21. The van der Waals surface area contributed by atoms with Crippen LogP contribution in [-0.4, -0.2) is 36.1 Å². The van der Waals surface area contributed by atoms with Gasteiger partial charge in [-0.15, -0.1) is 5.92 Å². The zero-order valence-corrected chi connectivity index (χ0v) is 12.8. The fraction of sp³-hybridized carbons (Fsp3) is 0.444. The summed E-state index contributed by atoms with van der Waals surface area (Å²) in [5.74, 6) is 7.13. The van der Waals surface area contributed by atoms with Crippen LogP contribution in [0.2, 0.25) is 0 Å². The van der Waals surface area contributed by atoms with Crippen LogP contribution < -0.4 is 4.74 Å². The number of likely N-dealkylation sites (tertiary alicyclic amines) is 1. The first kappa shape index (κ1) is 14.0.